The van der Waals surface area contributed by atoms with Gasteiger partial charge < -0.3 is 19.6 Å². The van der Waals surface area contributed by atoms with Gasteiger partial charge in [-0.05, 0) is 35.6 Å². The van der Waals surface area contributed by atoms with Crippen LogP contribution in [0.25, 0.3) is 0 Å². The summed E-state index contributed by atoms with van der Waals surface area (Å²) >= 11 is 1.81. The summed E-state index contributed by atoms with van der Waals surface area (Å²) in [5, 5.41) is 9.81. The van der Waals surface area contributed by atoms with Crippen LogP contribution in [0.15, 0.2) is 16.0 Å². The SMILES string of the molecule is CN1CCN(c2noc(C3NCCc4sccc43)n2)CC1. The van der Waals surface area contributed by atoms with E-state index in [1.165, 1.54) is 10.4 Å². The summed E-state index contributed by atoms with van der Waals surface area (Å²) in [5.74, 6) is 1.41. The molecule has 112 valence electrons. The van der Waals surface area contributed by atoms with Gasteiger partial charge in [-0.3, -0.25) is 0 Å². The van der Waals surface area contributed by atoms with Crippen LogP contribution in [0.3, 0.4) is 0 Å². The molecule has 1 unspecified atom stereocenters. The van der Waals surface area contributed by atoms with E-state index in [4.69, 9.17) is 4.52 Å². The molecule has 0 saturated carbocycles. The smallest absolute Gasteiger partial charge is 0.266 e. The van der Waals surface area contributed by atoms with Crippen LogP contribution in [0.4, 0.5) is 5.95 Å². The fraction of sp³-hybridized carbons (Fsp3) is 0.571. The Morgan fingerprint density at radius 3 is 3.05 bits per heavy atom. The first-order chi connectivity index (χ1) is 10.3. The summed E-state index contributed by atoms with van der Waals surface area (Å²) in [6, 6.07) is 2.21. The second kappa shape index (κ2) is 5.40. The Kier molecular flexibility index (Phi) is 3.40. The number of piperazine rings is 1. The molecule has 2 aromatic rings. The number of nitrogens with zero attached hydrogens (tertiary/aromatic N) is 4. The molecule has 1 N–H and O–H groups in total. The molecular formula is C14H19N5OS. The molecule has 21 heavy (non-hydrogen) atoms. The Bertz CT molecular complexity index is 616. The quantitative estimate of drug-likeness (QED) is 0.897. The number of hydrogen-bond donors (Lipinski definition) is 1. The molecule has 0 spiro atoms. The van der Waals surface area contributed by atoms with Crippen molar-refractivity contribution in [2.45, 2.75) is 12.5 Å². The van der Waals surface area contributed by atoms with E-state index in [1.54, 1.807) is 0 Å². The second-order valence-electron chi connectivity index (χ2n) is 5.66. The summed E-state index contributed by atoms with van der Waals surface area (Å²) in [7, 11) is 2.14. The molecule has 0 amide bonds. The largest absolute Gasteiger partial charge is 0.336 e. The number of likely N-dealkylation sites (N-methyl/N-ethyl adjacent to an activating group) is 1. The van der Waals surface area contributed by atoms with Crippen molar-refractivity contribution in [2.24, 2.45) is 0 Å². The minimum absolute atomic E-state index is 0.0497. The number of anilines is 1. The highest BCUT2D eigenvalue weighted by molar-refractivity contribution is 7.10. The van der Waals surface area contributed by atoms with Crippen molar-refractivity contribution in [1.82, 2.24) is 20.4 Å². The number of hydrogen-bond acceptors (Lipinski definition) is 7. The normalized spacial score (nSPS) is 23.3. The lowest BCUT2D eigenvalue weighted by Gasteiger charge is -2.31. The Labute approximate surface area is 127 Å². The van der Waals surface area contributed by atoms with Gasteiger partial charge in [0.15, 0.2) is 0 Å². The van der Waals surface area contributed by atoms with Gasteiger partial charge in [-0.2, -0.15) is 4.98 Å². The highest BCUT2D eigenvalue weighted by atomic mass is 32.1. The van der Waals surface area contributed by atoms with E-state index in [0.717, 1.165) is 45.1 Å². The Hall–Kier alpha value is -1.44. The van der Waals surface area contributed by atoms with Gasteiger partial charge in [0.05, 0.1) is 0 Å². The first-order valence-electron chi connectivity index (χ1n) is 7.38. The number of fused-ring (bicyclic) bond motifs is 1. The number of thiophene rings is 1. The van der Waals surface area contributed by atoms with Crippen molar-refractivity contribution in [3.63, 3.8) is 0 Å². The highest BCUT2D eigenvalue weighted by Crippen LogP contribution is 2.31. The molecule has 4 heterocycles. The van der Waals surface area contributed by atoms with Crippen LogP contribution in [0, 0.1) is 0 Å². The third-order valence-electron chi connectivity index (χ3n) is 4.26. The van der Waals surface area contributed by atoms with Crippen molar-refractivity contribution < 1.29 is 4.52 Å². The first-order valence-corrected chi connectivity index (χ1v) is 8.26. The number of aromatic nitrogens is 2. The Balaban J connectivity index is 1.56. The zero-order valence-electron chi connectivity index (χ0n) is 12.1. The maximum atomic E-state index is 5.54. The topological polar surface area (TPSA) is 57.4 Å². The zero-order valence-corrected chi connectivity index (χ0v) is 12.9. The molecule has 0 bridgehead atoms. The number of nitrogens with one attached hydrogen (secondary N) is 1. The average molecular weight is 305 g/mol. The van der Waals surface area contributed by atoms with Crippen molar-refractivity contribution in [2.75, 3.05) is 44.7 Å². The molecule has 2 aliphatic heterocycles. The van der Waals surface area contributed by atoms with Crippen LogP contribution in [0.5, 0.6) is 0 Å². The summed E-state index contributed by atoms with van der Waals surface area (Å²) in [6.07, 6.45) is 1.09. The minimum atomic E-state index is 0.0497. The minimum Gasteiger partial charge on any atom is -0.336 e. The van der Waals surface area contributed by atoms with Crippen LogP contribution in [0.1, 0.15) is 22.4 Å². The van der Waals surface area contributed by atoms with E-state index >= 15 is 0 Å². The lowest BCUT2D eigenvalue weighted by atomic mass is 10.0. The molecule has 4 rings (SSSR count). The van der Waals surface area contributed by atoms with E-state index < -0.39 is 0 Å². The maximum absolute atomic E-state index is 5.54. The van der Waals surface area contributed by atoms with Gasteiger partial charge in [0.1, 0.15) is 6.04 Å². The molecule has 0 aliphatic carbocycles. The van der Waals surface area contributed by atoms with Gasteiger partial charge in [0.25, 0.3) is 5.95 Å². The van der Waals surface area contributed by atoms with Crippen molar-refractivity contribution in [3.05, 3.63) is 27.8 Å². The van der Waals surface area contributed by atoms with Crippen molar-refractivity contribution >= 4 is 17.3 Å². The van der Waals surface area contributed by atoms with Gasteiger partial charge in [-0.1, -0.05) is 0 Å². The van der Waals surface area contributed by atoms with Crippen LogP contribution < -0.4 is 10.2 Å². The highest BCUT2D eigenvalue weighted by Gasteiger charge is 2.28. The monoisotopic (exact) mass is 305 g/mol. The molecule has 6 nitrogen and oxygen atoms in total. The van der Waals surface area contributed by atoms with E-state index in [1.807, 2.05) is 11.3 Å². The van der Waals surface area contributed by atoms with Gasteiger partial charge in [0.2, 0.25) is 5.89 Å². The standard InChI is InChI=1S/C14H19N5OS/c1-18-5-7-19(8-6-18)14-16-13(20-17-14)12-10-3-9-21-11(10)2-4-15-12/h3,9,12,15H,2,4-8H2,1H3. The average Bonchev–Trinajstić information content (AvgIpc) is 3.16. The summed E-state index contributed by atoms with van der Waals surface area (Å²) in [6.45, 7) is 4.96. The molecule has 0 aromatic carbocycles. The molecule has 7 heteroatoms. The molecule has 0 radical (unpaired) electrons. The molecular weight excluding hydrogens is 286 g/mol. The lowest BCUT2D eigenvalue weighted by Crippen LogP contribution is -2.45. The van der Waals surface area contributed by atoms with Crippen molar-refractivity contribution in [1.29, 1.82) is 0 Å². The van der Waals surface area contributed by atoms with Gasteiger partial charge in [-0.15, -0.1) is 11.3 Å². The van der Waals surface area contributed by atoms with E-state index in [2.05, 4.69) is 43.8 Å². The molecule has 1 fully saturated rings. The lowest BCUT2D eigenvalue weighted by molar-refractivity contribution is 0.307. The third kappa shape index (κ3) is 2.45. The van der Waals surface area contributed by atoms with E-state index in [9.17, 15) is 0 Å². The fourth-order valence-electron chi connectivity index (χ4n) is 2.95. The number of rotatable bonds is 2. The summed E-state index contributed by atoms with van der Waals surface area (Å²) in [5.41, 5.74) is 1.29. The van der Waals surface area contributed by atoms with E-state index in [0.29, 0.717) is 5.89 Å². The van der Waals surface area contributed by atoms with Crippen LogP contribution in [-0.2, 0) is 6.42 Å². The predicted molar refractivity (Wildman–Crippen MR) is 81.9 cm³/mol. The molecule has 1 saturated heterocycles. The van der Waals surface area contributed by atoms with Crippen LogP contribution in [-0.4, -0.2) is 54.8 Å². The maximum Gasteiger partial charge on any atom is 0.266 e. The van der Waals surface area contributed by atoms with Crippen LogP contribution >= 0.6 is 11.3 Å². The van der Waals surface area contributed by atoms with Gasteiger partial charge >= 0.3 is 0 Å². The Morgan fingerprint density at radius 1 is 1.33 bits per heavy atom. The zero-order chi connectivity index (χ0) is 14.2. The predicted octanol–water partition coefficient (Wildman–Crippen LogP) is 1.12. The summed E-state index contributed by atoms with van der Waals surface area (Å²) in [4.78, 5) is 10.6. The first kappa shape index (κ1) is 13.2. The molecule has 2 aliphatic rings. The van der Waals surface area contributed by atoms with Crippen molar-refractivity contribution in [3.8, 4) is 0 Å². The molecule has 2 aromatic heterocycles. The Morgan fingerprint density at radius 2 is 2.19 bits per heavy atom. The van der Waals surface area contributed by atoms with Crippen LogP contribution in [0.2, 0.25) is 0 Å². The fourth-order valence-corrected chi connectivity index (χ4v) is 3.87. The van der Waals surface area contributed by atoms with E-state index in [-0.39, 0.29) is 6.04 Å². The second-order valence-corrected chi connectivity index (χ2v) is 6.66. The summed E-state index contributed by atoms with van der Waals surface area (Å²) < 4.78 is 5.54. The molecule has 1 atom stereocenters. The third-order valence-corrected chi connectivity index (χ3v) is 5.25. The van der Waals surface area contributed by atoms with Gasteiger partial charge in [-0.25, -0.2) is 0 Å². The van der Waals surface area contributed by atoms with Gasteiger partial charge in [0, 0.05) is 37.6 Å².